The summed E-state index contributed by atoms with van der Waals surface area (Å²) in [5.41, 5.74) is 0.708. The first kappa shape index (κ1) is 29.1. The third-order valence-electron chi connectivity index (χ3n) is 5.65. The Bertz CT molecular complexity index is 1260. The van der Waals surface area contributed by atoms with E-state index in [1.165, 1.54) is 24.9 Å². The third kappa shape index (κ3) is 7.21. The average molecular weight is 587 g/mol. The molecule has 2 fully saturated rings. The molecule has 0 amide bonds. The van der Waals surface area contributed by atoms with Crippen molar-refractivity contribution in [2.45, 2.75) is 57.8 Å². The van der Waals surface area contributed by atoms with Crippen molar-refractivity contribution < 1.29 is 46.7 Å². The van der Waals surface area contributed by atoms with E-state index < -0.39 is 57.0 Å². The summed E-state index contributed by atoms with van der Waals surface area (Å²) in [5, 5.41) is 12.6. The molecule has 212 valence electrons. The number of carbonyl (C=O) groups excluding carboxylic acids is 2. The van der Waals surface area contributed by atoms with Gasteiger partial charge in [0.05, 0.1) is 25.9 Å². The van der Waals surface area contributed by atoms with Gasteiger partial charge in [-0.3, -0.25) is 28.6 Å². The second-order valence-corrected chi connectivity index (χ2v) is 10.6. The van der Waals surface area contributed by atoms with Gasteiger partial charge in [0.1, 0.15) is 12.4 Å². The molecule has 2 saturated heterocycles. The number of nitrogens with one attached hydrogen (secondary N) is 1. The summed E-state index contributed by atoms with van der Waals surface area (Å²) in [6.45, 7) is 3.99. The number of nitrogens with zero attached hydrogens (tertiary/aromatic N) is 3. The minimum atomic E-state index is -4.07. The summed E-state index contributed by atoms with van der Waals surface area (Å²) in [7, 11) is -4.07. The van der Waals surface area contributed by atoms with Crippen molar-refractivity contribution in [1.29, 1.82) is 5.41 Å². The first-order valence-electron chi connectivity index (χ1n) is 12.0. The lowest BCUT2D eigenvalue weighted by Crippen LogP contribution is -2.40. The van der Waals surface area contributed by atoms with E-state index in [1.54, 1.807) is 31.2 Å². The van der Waals surface area contributed by atoms with Crippen LogP contribution < -0.4 is 0 Å². The van der Waals surface area contributed by atoms with Gasteiger partial charge < -0.3 is 18.9 Å². The highest BCUT2D eigenvalue weighted by Crippen LogP contribution is 2.57. The molecule has 3 heterocycles. The Kier molecular flexibility index (Phi) is 9.36. The molecule has 0 spiro atoms. The van der Waals surface area contributed by atoms with Gasteiger partial charge in [-0.2, -0.15) is 0 Å². The van der Waals surface area contributed by atoms with Gasteiger partial charge in [-0.05, 0) is 24.6 Å². The fourth-order valence-corrected chi connectivity index (χ4v) is 5.69. The fourth-order valence-electron chi connectivity index (χ4n) is 4.09. The van der Waals surface area contributed by atoms with Crippen LogP contribution in [0.2, 0.25) is 5.02 Å². The fraction of sp³-hybridized carbons (Fsp3) is 0.522. The molecule has 0 radical (unpaired) electrons. The zero-order chi connectivity index (χ0) is 28.2. The maximum atomic E-state index is 13.3. The van der Waals surface area contributed by atoms with Crippen LogP contribution in [-0.4, -0.2) is 70.7 Å². The van der Waals surface area contributed by atoms with Gasteiger partial charge >= 0.3 is 19.8 Å². The van der Waals surface area contributed by atoms with Crippen molar-refractivity contribution in [2.24, 2.45) is 0 Å². The predicted molar refractivity (Wildman–Crippen MR) is 133 cm³/mol. The number of aromatic nitrogens is 3. The van der Waals surface area contributed by atoms with E-state index in [9.17, 15) is 14.2 Å². The van der Waals surface area contributed by atoms with Gasteiger partial charge in [0.25, 0.3) is 5.90 Å². The normalized spacial score (nSPS) is 28.6. The topological polar surface area (TPSA) is 170 Å². The zero-order valence-corrected chi connectivity index (χ0v) is 23.0. The van der Waals surface area contributed by atoms with Crippen LogP contribution in [0.5, 0.6) is 0 Å². The van der Waals surface area contributed by atoms with Crippen LogP contribution in [0, 0.1) is 5.41 Å². The highest BCUT2D eigenvalue weighted by Gasteiger charge is 2.52. The molecule has 2 aliphatic rings. The number of esters is 2. The average Bonchev–Trinajstić information content (AvgIpc) is 3.48. The highest BCUT2D eigenvalue weighted by atomic mass is 35.5. The van der Waals surface area contributed by atoms with Crippen LogP contribution in [0.1, 0.15) is 50.9 Å². The second-order valence-electron chi connectivity index (χ2n) is 8.54. The van der Waals surface area contributed by atoms with E-state index in [1.807, 2.05) is 0 Å². The number of halogens is 1. The number of phosphoric acid groups is 1. The number of hydrogen-bond acceptors (Lipinski definition) is 13. The van der Waals surface area contributed by atoms with Crippen molar-refractivity contribution in [1.82, 2.24) is 14.8 Å². The zero-order valence-electron chi connectivity index (χ0n) is 21.4. The van der Waals surface area contributed by atoms with Gasteiger partial charge in [0.15, 0.2) is 18.4 Å². The molecule has 39 heavy (non-hydrogen) atoms. The van der Waals surface area contributed by atoms with E-state index in [0.29, 0.717) is 17.0 Å². The van der Waals surface area contributed by atoms with Crippen molar-refractivity contribution in [3.8, 4) is 0 Å². The summed E-state index contributed by atoms with van der Waals surface area (Å²) in [6.07, 6.45) is -3.47. The molecular weight excluding hydrogens is 559 g/mol. The van der Waals surface area contributed by atoms with E-state index in [4.69, 9.17) is 49.5 Å². The van der Waals surface area contributed by atoms with E-state index in [2.05, 4.69) is 10.1 Å². The molecule has 14 nitrogen and oxygen atoms in total. The van der Waals surface area contributed by atoms with Gasteiger partial charge in [-0.15, -0.1) is 5.10 Å². The molecule has 0 saturated carbocycles. The Balaban J connectivity index is 1.53. The van der Waals surface area contributed by atoms with Crippen LogP contribution in [0.3, 0.4) is 0 Å². The maximum Gasteiger partial charge on any atom is 0.475 e. The number of phosphoric ester groups is 1. The summed E-state index contributed by atoms with van der Waals surface area (Å²) in [4.78, 5) is 27.9. The first-order chi connectivity index (χ1) is 18.6. The monoisotopic (exact) mass is 586 g/mol. The minimum absolute atomic E-state index is 0.0359. The quantitative estimate of drug-likeness (QED) is 0.197. The van der Waals surface area contributed by atoms with Gasteiger partial charge in [-0.1, -0.05) is 23.7 Å². The highest BCUT2D eigenvalue weighted by molar-refractivity contribution is 7.48. The minimum Gasteiger partial charge on any atom is -0.476 e. The van der Waals surface area contributed by atoms with Crippen LogP contribution >= 0.6 is 19.4 Å². The summed E-state index contributed by atoms with van der Waals surface area (Å²) < 4.78 is 53.1. The van der Waals surface area contributed by atoms with Crippen molar-refractivity contribution in [3.05, 3.63) is 47.0 Å². The van der Waals surface area contributed by atoms with Crippen LogP contribution in [0.15, 0.2) is 30.6 Å². The second kappa shape index (κ2) is 12.5. The Morgan fingerprint density at radius 1 is 1.23 bits per heavy atom. The molecular formula is C23H28ClN4O10P. The van der Waals surface area contributed by atoms with Gasteiger partial charge in [0, 0.05) is 25.3 Å². The molecule has 2 aliphatic heterocycles. The Hall–Kier alpha value is -2.87. The molecule has 4 rings (SSSR count). The lowest BCUT2D eigenvalue weighted by atomic mass is 10.1. The lowest BCUT2D eigenvalue weighted by molar-refractivity contribution is -0.166. The van der Waals surface area contributed by atoms with Crippen molar-refractivity contribution >= 4 is 37.3 Å². The summed E-state index contributed by atoms with van der Waals surface area (Å²) >= 11 is 6.08. The molecule has 0 bridgehead atoms. The smallest absolute Gasteiger partial charge is 0.475 e. The van der Waals surface area contributed by atoms with E-state index >= 15 is 0 Å². The maximum absolute atomic E-state index is 13.3. The van der Waals surface area contributed by atoms with Crippen LogP contribution in [0.4, 0.5) is 0 Å². The molecule has 6 atom stereocenters. The SMILES string of the molecule is CCOC(=N)c1ncn(C2OC(COP3(=O)OCCC(c4cccc(Cl)c4)O3)C(OC(C)=O)C2OC(C)=O)n1. The molecule has 6 unspecified atom stereocenters. The van der Waals surface area contributed by atoms with Gasteiger partial charge in [0.2, 0.25) is 5.82 Å². The summed E-state index contributed by atoms with van der Waals surface area (Å²) in [5.74, 6) is -1.66. The van der Waals surface area contributed by atoms with Gasteiger partial charge in [-0.25, -0.2) is 14.2 Å². The molecule has 0 aliphatic carbocycles. The largest absolute Gasteiger partial charge is 0.476 e. The van der Waals surface area contributed by atoms with Crippen molar-refractivity contribution in [3.63, 3.8) is 0 Å². The number of rotatable bonds is 9. The third-order valence-corrected chi connectivity index (χ3v) is 7.37. The Labute approximate surface area is 228 Å². The number of carbonyl (C=O) groups is 2. The molecule has 1 aromatic carbocycles. The number of benzene rings is 1. The Morgan fingerprint density at radius 2 is 1.97 bits per heavy atom. The van der Waals surface area contributed by atoms with E-state index in [-0.39, 0.29) is 24.9 Å². The van der Waals surface area contributed by atoms with E-state index in [0.717, 1.165) is 0 Å². The molecule has 1 N–H and O–H groups in total. The Morgan fingerprint density at radius 3 is 2.67 bits per heavy atom. The molecule has 16 heteroatoms. The number of ether oxygens (including phenoxy) is 4. The van der Waals surface area contributed by atoms with Crippen LogP contribution in [-0.2, 0) is 46.7 Å². The number of hydrogen-bond donors (Lipinski definition) is 1. The molecule has 1 aromatic heterocycles. The lowest BCUT2D eigenvalue weighted by Gasteiger charge is -2.30. The van der Waals surface area contributed by atoms with Crippen LogP contribution in [0.25, 0.3) is 0 Å². The first-order valence-corrected chi connectivity index (χ1v) is 13.9. The van der Waals surface area contributed by atoms with Crippen molar-refractivity contribution in [2.75, 3.05) is 19.8 Å². The molecule has 2 aromatic rings. The predicted octanol–water partition coefficient (Wildman–Crippen LogP) is 3.36. The summed E-state index contributed by atoms with van der Waals surface area (Å²) in [6, 6.07) is 6.94. The standard InChI is InChI=1S/C23H28ClN4O10P/c1-4-32-21(25)22-26-12-28(27-22)23-20(36-14(3)30)19(35-13(2)29)18(37-23)11-34-39(31)33-9-8-17(38-39)15-6-5-7-16(24)10-15/h5-7,10,12,17-20,23,25H,4,8-9,11H2,1-3H3.